The number of hydrogen-bond donors (Lipinski definition) is 2. The number of hydrogen-bond acceptors (Lipinski definition) is 5. The number of aliphatic imine (C=N–C) groups is 1. The van der Waals surface area contributed by atoms with Gasteiger partial charge >= 0.3 is 0 Å². The molecule has 0 aliphatic rings. The summed E-state index contributed by atoms with van der Waals surface area (Å²) in [6.07, 6.45) is 7.45. The van der Waals surface area contributed by atoms with Crippen molar-refractivity contribution in [1.82, 2.24) is 25.4 Å². The molecular formula is C23H39IN6O2. The van der Waals surface area contributed by atoms with Gasteiger partial charge in [-0.3, -0.25) is 4.99 Å². The Bertz CT molecular complexity index is 770. The fraction of sp³-hybridized carbons (Fsp3) is 0.609. The summed E-state index contributed by atoms with van der Waals surface area (Å²) in [6.45, 7) is 12.3. The molecule has 2 aromatic rings. The maximum atomic E-state index is 5.94. The Morgan fingerprint density at radius 1 is 1.03 bits per heavy atom. The molecule has 32 heavy (non-hydrogen) atoms. The zero-order valence-electron chi connectivity index (χ0n) is 19.8. The van der Waals surface area contributed by atoms with Crippen LogP contribution in [-0.4, -0.2) is 47.0 Å². The Morgan fingerprint density at radius 3 is 2.38 bits per heavy atom. The standard InChI is InChI=1S/C23H38N6O2.HI/c1-5-14-30-21-11-10-20(16-22(21)31-15-6-2)19(4)28-23(24-7-3)25-12-8-9-13-29-17-26-27-18-29;/h10-11,16-19H,5-9,12-15H2,1-4H3,(H2,24,25,28);1H. The van der Waals surface area contributed by atoms with E-state index in [1.807, 2.05) is 10.6 Å². The molecule has 0 saturated heterocycles. The van der Waals surface area contributed by atoms with E-state index >= 15 is 0 Å². The Labute approximate surface area is 209 Å². The molecule has 180 valence electrons. The quantitative estimate of drug-likeness (QED) is 0.153. The summed E-state index contributed by atoms with van der Waals surface area (Å²) in [5.74, 6) is 2.43. The summed E-state index contributed by atoms with van der Waals surface area (Å²) in [6, 6.07) is 6.24. The van der Waals surface area contributed by atoms with Crippen LogP contribution in [0.2, 0.25) is 0 Å². The van der Waals surface area contributed by atoms with Crippen LogP contribution in [0.5, 0.6) is 11.5 Å². The second kappa shape index (κ2) is 16.6. The van der Waals surface area contributed by atoms with E-state index in [-0.39, 0.29) is 30.0 Å². The van der Waals surface area contributed by atoms with E-state index < -0.39 is 0 Å². The van der Waals surface area contributed by atoms with Gasteiger partial charge in [0, 0.05) is 19.6 Å². The Kier molecular flexibility index (Phi) is 14.5. The van der Waals surface area contributed by atoms with Gasteiger partial charge in [-0.15, -0.1) is 34.2 Å². The predicted octanol–water partition coefficient (Wildman–Crippen LogP) is 4.57. The second-order valence-corrected chi connectivity index (χ2v) is 7.44. The molecule has 8 nitrogen and oxygen atoms in total. The number of nitrogens with zero attached hydrogens (tertiary/aromatic N) is 4. The van der Waals surface area contributed by atoms with Crippen LogP contribution in [0.15, 0.2) is 35.8 Å². The summed E-state index contributed by atoms with van der Waals surface area (Å²) in [4.78, 5) is 4.73. The molecule has 0 amide bonds. The zero-order chi connectivity index (χ0) is 22.3. The van der Waals surface area contributed by atoms with Gasteiger partial charge < -0.3 is 24.7 Å². The molecule has 0 radical (unpaired) electrons. The van der Waals surface area contributed by atoms with Crippen molar-refractivity contribution >= 4 is 29.9 Å². The Balaban J connectivity index is 0.00000512. The third-order valence-corrected chi connectivity index (χ3v) is 4.65. The first-order valence-electron chi connectivity index (χ1n) is 11.4. The third-order valence-electron chi connectivity index (χ3n) is 4.65. The molecule has 0 aliphatic heterocycles. The number of rotatable bonds is 14. The minimum atomic E-state index is 0. The van der Waals surface area contributed by atoms with Gasteiger partial charge in [0.2, 0.25) is 0 Å². The number of halogens is 1. The number of ether oxygens (including phenoxy) is 2. The van der Waals surface area contributed by atoms with Gasteiger partial charge in [-0.2, -0.15) is 0 Å². The summed E-state index contributed by atoms with van der Waals surface area (Å²) in [7, 11) is 0. The van der Waals surface area contributed by atoms with Crippen LogP contribution in [0.3, 0.4) is 0 Å². The number of unbranched alkanes of at least 4 members (excludes halogenated alkanes) is 1. The molecule has 1 heterocycles. The lowest BCUT2D eigenvalue weighted by Gasteiger charge is -2.20. The summed E-state index contributed by atoms with van der Waals surface area (Å²) >= 11 is 0. The molecule has 0 aliphatic carbocycles. The smallest absolute Gasteiger partial charge is 0.191 e. The van der Waals surface area contributed by atoms with Gasteiger partial charge in [-0.25, -0.2) is 0 Å². The first kappa shape index (κ1) is 28.0. The highest BCUT2D eigenvalue weighted by Crippen LogP contribution is 2.31. The fourth-order valence-electron chi connectivity index (χ4n) is 2.99. The number of aromatic nitrogens is 3. The van der Waals surface area contributed by atoms with Crippen molar-refractivity contribution < 1.29 is 9.47 Å². The third kappa shape index (κ3) is 10.1. The molecule has 1 atom stereocenters. The average Bonchev–Trinajstić information content (AvgIpc) is 3.29. The van der Waals surface area contributed by atoms with Gasteiger partial charge in [0.15, 0.2) is 17.5 Å². The van der Waals surface area contributed by atoms with Crippen LogP contribution in [-0.2, 0) is 6.54 Å². The van der Waals surface area contributed by atoms with Crippen molar-refractivity contribution in [3.63, 3.8) is 0 Å². The van der Waals surface area contributed by atoms with Crippen molar-refractivity contribution in [2.24, 2.45) is 4.99 Å². The van der Waals surface area contributed by atoms with Crippen molar-refractivity contribution in [2.45, 2.75) is 66.0 Å². The van der Waals surface area contributed by atoms with Crippen molar-refractivity contribution in [3.8, 4) is 11.5 Å². The molecule has 1 aromatic heterocycles. The molecule has 1 aromatic carbocycles. The Hall–Kier alpha value is -2.04. The van der Waals surface area contributed by atoms with Crippen molar-refractivity contribution in [1.29, 1.82) is 0 Å². The lowest BCUT2D eigenvalue weighted by atomic mass is 10.1. The largest absolute Gasteiger partial charge is 0.490 e. The van der Waals surface area contributed by atoms with Crippen LogP contribution in [0.4, 0.5) is 0 Å². The predicted molar refractivity (Wildman–Crippen MR) is 140 cm³/mol. The highest BCUT2D eigenvalue weighted by molar-refractivity contribution is 14.0. The van der Waals surface area contributed by atoms with Crippen molar-refractivity contribution in [3.05, 3.63) is 36.4 Å². The van der Waals surface area contributed by atoms with E-state index in [4.69, 9.17) is 14.5 Å². The van der Waals surface area contributed by atoms with Gasteiger partial charge in [-0.1, -0.05) is 19.9 Å². The Morgan fingerprint density at radius 2 is 1.72 bits per heavy atom. The molecule has 2 N–H and O–H groups in total. The number of guanidine groups is 1. The van der Waals surface area contributed by atoms with E-state index in [2.05, 4.69) is 60.7 Å². The van der Waals surface area contributed by atoms with Gasteiger partial charge in [0.1, 0.15) is 12.7 Å². The first-order valence-corrected chi connectivity index (χ1v) is 11.4. The van der Waals surface area contributed by atoms with E-state index in [0.29, 0.717) is 13.2 Å². The van der Waals surface area contributed by atoms with Crippen molar-refractivity contribution in [2.75, 3.05) is 26.3 Å². The van der Waals surface area contributed by atoms with Gasteiger partial charge in [0.05, 0.1) is 19.3 Å². The summed E-state index contributed by atoms with van der Waals surface area (Å²) < 4.78 is 13.8. The summed E-state index contributed by atoms with van der Waals surface area (Å²) in [5.41, 5.74) is 1.13. The molecular weight excluding hydrogens is 519 g/mol. The van der Waals surface area contributed by atoms with Crippen LogP contribution in [0, 0.1) is 0 Å². The van der Waals surface area contributed by atoms with Crippen LogP contribution >= 0.6 is 24.0 Å². The highest BCUT2D eigenvalue weighted by Gasteiger charge is 2.13. The number of nitrogens with one attached hydrogen (secondary N) is 2. The zero-order valence-corrected chi connectivity index (χ0v) is 22.2. The number of aryl methyl sites for hydroxylation is 1. The maximum absolute atomic E-state index is 5.94. The van der Waals surface area contributed by atoms with Gasteiger partial charge in [0.25, 0.3) is 0 Å². The SMILES string of the molecule is CCCOc1ccc(C(C)NC(=NCCCCn2cnnc2)NCC)cc1OCCC.I. The highest BCUT2D eigenvalue weighted by atomic mass is 127. The average molecular weight is 559 g/mol. The minimum Gasteiger partial charge on any atom is -0.490 e. The normalized spacial score (nSPS) is 12.1. The van der Waals surface area contributed by atoms with E-state index in [9.17, 15) is 0 Å². The molecule has 0 bridgehead atoms. The molecule has 1 unspecified atom stereocenters. The second-order valence-electron chi connectivity index (χ2n) is 7.44. The maximum Gasteiger partial charge on any atom is 0.191 e. The number of benzene rings is 1. The van der Waals surface area contributed by atoms with Crippen LogP contribution < -0.4 is 20.1 Å². The van der Waals surface area contributed by atoms with E-state index in [1.54, 1.807) is 12.7 Å². The molecule has 0 fully saturated rings. The monoisotopic (exact) mass is 558 g/mol. The van der Waals surface area contributed by atoms with E-state index in [1.165, 1.54) is 0 Å². The van der Waals surface area contributed by atoms with Crippen LogP contribution in [0.1, 0.15) is 65.0 Å². The minimum absolute atomic E-state index is 0. The lowest BCUT2D eigenvalue weighted by Crippen LogP contribution is -2.38. The topological polar surface area (TPSA) is 85.6 Å². The van der Waals surface area contributed by atoms with Crippen LogP contribution in [0.25, 0.3) is 0 Å². The fourth-order valence-corrected chi connectivity index (χ4v) is 2.99. The summed E-state index contributed by atoms with van der Waals surface area (Å²) in [5, 5.41) is 14.5. The lowest BCUT2D eigenvalue weighted by molar-refractivity contribution is 0.268. The first-order chi connectivity index (χ1) is 15.2. The molecule has 9 heteroatoms. The molecule has 0 spiro atoms. The molecule has 2 rings (SSSR count). The van der Waals surface area contributed by atoms with Gasteiger partial charge in [-0.05, 0) is 57.2 Å². The van der Waals surface area contributed by atoms with E-state index in [0.717, 1.165) is 68.3 Å². The molecule has 0 saturated carbocycles.